The van der Waals surface area contributed by atoms with Crippen LogP contribution in [0, 0.1) is 5.92 Å². The zero-order valence-corrected chi connectivity index (χ0v) is 13.9. The maximum absolute atomic E-state index is 13.1. The van der Waals surface area contributed by atoms with E-state index in [1.165, 1.54) is 0 Å². The molecule has 1 fully saturated rings. The Morgan fingerprint density at radius 2 is 1.58 bits per heavy atom. The highest BCUT2D eigenvalue weighted by Gasteiger charge is 2.30. The monoisotopic (exact) mass is 320 g/mol. The van der Waals surface area contributed by atoms with Gasteiger partial charge in [-0.2, -0.15) is 0 Å². The minimum absolute atomic E-state index is 0.106. The number of allylic oxidation sites excluding steroid dienone is 1. The Morgan fingerprint density at radius 3 is 2.29 bits per heavy atom. The molecule has 2 aromatic rings. The summed E-state index contributed by atoms with van der Waals surface area (Å²) < 4.78 is 0. The second kappa shape index (κ2) is 8.07. The smallest absolute Gasteiger partial charge is 0.164 e. The third kappa shape index (κ3) is 4.01. The Morgan fingerprint density at radius 1 is 0.917 bits per heavy atom. The third-order valence-corrected chi connectivity index (χ3v) is 4.78. The van der Waals surface area contributed by atoms with Crippen molar-refractivity contribution in [2.45, 2.75) is 38.2 Å². The Labute approximate surface area is 143 Å². The Hall–Kier alpha value is -2.19. The molecule has 2 atom stereocenters. The highest BCUT2D eigenvalue weighted by molar-refractivity contribution is 6.01. The average molecular weight is 320 g/mol. The van der Waals surface area contributed by atoms with Crippen molar-refractivity contribution < 1.29 is 9.90 Å². The van der Waals surface area contributed by atoms with Gasteiger partial charge in [-0.25, -0.2) is 0 Å². The molecule has 0 aliphatic heterocycles. The lowest BCUT2D eigenvalue weighted by atomic mass is 9.81. The van der Waals surface area contributed by atoms with Gasteiger partial charge in [-0.05, 0) is 42.0 Å². The number of aliphatic hydroxyl groups is 1. The van der Waals surface area contributed by atoms with Gasteiger partial charge in [0.05, 0.1) is 12.0 Å². The van der Waals surface area contributed by atoms with Gasteiger partial charge in [0.2, 0.25) is 0 Å². The molecule has 124 valence electrons. The van der Waals surface area contributed by atoms with Crippen LogP contribution in [0.2, 0.25) is 0 Å². The van der Waals surface area contributed by atoms with E-state index in [1.54, 1.807) is 0 Å². The maximum Gasteiger partial charge on any atom is 0.164 e. The lowest BCUT2D eigenvalue weighted by molar-refractivity contribution is -0.123. The van der Waals surface area contributed by atoms with Crippen molar-refractivity contribution in [3.8, 4) is 0 Å². The van der Waals surface area contributed by atoms with Gasteiger partial charge in [0.25, 0.3) is 0 Å². The van der Waals surface area contributed by atoms with E-state index in [4.69, 9.17) is 0 Å². The molecule has 0 radical (unpaired) electrons. The van der Waals surface area contributed by atoms with Gasteiger partial charge in [-0.3, -0.25) is 4.79 Å². The van der Waals surface area contributed by atoms with E-state index in [2.05, 4.69) is 0 Å². The van der Waals surface area contributed by atoms with Crippen LogP contribution in [-0.2, 0) is 4.79 Å². The van der Waals surface area contributed by atoms with Crippen LogP contribution in [0.4, 0.5) is 0 Å². The van der Waals surface area contributed by atoms with Crippen molar-refractivity contribution in [3.63, 3.8) is 0 Å². The normalized spacial score (nSPS) is 22.0. The summed E-state index contributed by atoms with van der Waals surface area (Å²) in [5.74, 6) is -0.238. The van der Waals surface area contributed by atoms with Gasteiger partial charge in [0.15, 0.2) is 5.78 Å². The molecule has 0 amide bonds. The molecule has 0 heterocycles. The van der Waals surface area contributed by atoms with Crippen LogP contribution in [0.25, 0.3) is 6.08 Å². The molecule has 0 bridgehead atoms. The van der Waals surface area contributed by atoms with Gasteiger partial charge in [-0.15, -0.1) is 0 Å². The third-order valence-electron chi connectivity index (χ3n) is 4.78. The van der Waals surface area contributed by atoms with Gasteiger partial charge < -0.3 is 5.11 Å². The fraction of sp³-hybridized carbons (Fsp3) is 0.318. The number of hydrogen-bond acceptors (Lipinski definition) is 2. The first-order chi connectivity index (χ1) is 11.8. The number of benzene rings is 2. The van der Waals surface area contributed by atoms with Gasteiger partial charge >= 0.3 is 0 Å². The topological polar surface area (TPSA) is 37.3 Å². The molecule has 1 N–H and O–H groups in total. The van der Waals surface area contributed by atoms with E-state index in [0.29, 0.717) is 0 Å². The van der Waals surface area contributed by atoms with Gasteiger partial charge in [-0.1, -0.05) is 73.5 Å². The van der Waals surface area contributed by atoms with E-state index in [9.17, 15) is 9.90 Å². The van der Waals surface area contributed by atoms with Crippen molar-refractivity contribution in [3.05, 3.63) is 77.4 Å². The lowest BCUT2D eigenvalue weighted by Gasteiger charge is -2.25. The lowest BCUT2D eigenvalue weighted by Crippen LogP contribution is -2.25. The number of Topliss-reactive ketones (excluding diaryl/α,β-unsaturated/α-hetero) is 1. The summed E-state index contributed by atoms with van der Waals surface area (Å²) in [6.07, 6.45) is 5.97. The summed E-state index contributed by atoms with van der Waals surface area (Å²) in [6, 6.07) is 19.5. The molecular weight excluding hydrogens is 296 g/mol. The van der Waals surface area contributed by atoms with Crippen LogP contribution in [0.3, 0.4) is 0 Å². The molecule has 2 aromatic carbocycles. The number of carbonyl (C=O) groups is 1. The van der Waals surface area contributed by atoms with Crippen LogP contribution in [0.1, 0.15) is 49.3 Å². The van der Waals surface area contributed by atoms with Crippen LogP contribution in [0.15, 0.2) is 66.2 Å². The second-order valence-electron chi connectivity index (χ2n) is 6.51. The molecule has 1 aliphatic carbocycles. The molecule has 2 unspecified atom stereocenters. The van der Waals surface area contributed by atoms with Crippen LogP contribution < -0.4 is 0 Å². The second-order valence-corrected chi connectivity index (χ2v) is 6.51. The number of rotatable bonds is 3. The summed E-state index contributed by atoms with van der Waals surface area (Å²) in [5, 5.41) is 10.8. The molecule has 2 heteroatoms. The highest BCUT2D eigenvalue weighted by Crippen LogP contribution is 2.33. The SMILES string of the molecule is O=C1/C(=C\c2ccccc2)CCCCCC1C(O)c1ccccc1. The summed E-state index contributed by atoms with van der Waals surface area (Å²) in [4.78, 5) is 13.1. The van der Waals surface area contributed by atoms with Crippen molar-refractivity contribution in [2.24, 2.45) is 5.92 Å². The Balaban J connectivity index is 1.88. The van der Waals surface area contributed by atoms with Crippen molar-refractivity contribution >= 4 is 11.9 Å². The fourth-order valence-corrected chi connectivity index (χ4v) is 3.43. The molecule has 0 saturated heterocycles. The summed E-state index contributed by atoms with van der Waals surface area (Å²) in [5.41, 5.74) is 2.73. The fourth-order valence-electron chi connectivity index (χ4n) is 3.43. The number of carbonyl (C=O) groups excluding carboxylic acids is 1. The summed E-state index contributed by atoms with van der Waals surface area (Å²) >= 11 is 0. The summed E-state index contributed by atoms with van der Waals surface area (Å²) in [7, 11) is 0. The molecule has 0 spiro atoms. The van der Waals surface area contributed by atoms with E-state index < -0.39 is 6.10 Å². The van der Waals surface area contributed by atoms with Crippen molar-refractivity contribution in [2.75, 3.05) is 0 Å². The summed E-state index contributed by atoms with van der Waals surface area (Å²) in [6.45, 7) is 0. The number of hydrogen-bond donors (Lipinski definition) is 1. The largest absolute Gasteiger partial charge is 0.388 e. The van der Waals surface area contributed by atoms with Crippen LogP contribution in [-0.4, -0.2) is 10.9 Å². The predicted octanol–water partition coefficient (Wildman–Crippen LogP) is 4.95. The van der Waals surface area contributed by atoms with Gasteiger partial charge in [0.1, 0.15) is 0 Å². The number of aliphatic hydroxyl groups excluding tert-OH is 1. The van der Waals surface area contributed by atoms with E-state index >= 15 is 0 Å². The van der Waals surface area contributed by atoms with Crippen LogP contribution >= 0.6 is 0 Å². The minimum Gasteiger partial charge on any atom is -0.388 e. The molecule has 0 aromatic heterocycles. The molecule has 1 saturated carbocycles. The molecular formula is C22H24O2. The molecule has 3 rings (SSSR count). The zero-order chi connectivity index (χ0) is 16.8. The Bertz CT molecular complexity index is 688. The standard InChI is InChI=1S/C22H24O2/c23-21(18-12-6-2-7-13-18)20-15-9-3-8-14-19(22(20)24)16-17-10-4-1-5-11-17/h1-2,4-7,10-13,16,20-21,23H,3,8-9,14-15H2/b19-16-. The molecule has 1 aliphatic rings. The van der Waals surface area contributed by atoms with Crippen LogP contribution in [0.5, 0.6) is 0 Å². The first-order valence-electron chi connectivity index (χ1n) is 8.78. The first kappa shape index (κ1) is 16.7. The van der Waals surface area contributed by atoms with E-state index in [0.717, 1.165) is 48.8 Å². The predicted molar refractivity (Wildman–Crippen MR) is 97.4 cm³/mol. The average Bonchev–Trinajstić information content (AvgIpc) is 2.63. The Kier molecular flexibility index (Phi) is 5.60. The van der Waals surface area contributed by atoms with Crippen molar-refractivity contribution in [1.82, 2.24) is 0 Å². The molecule has 2 nitrogen and oxygen atoms in total. The zero-order valence-electron chi connectivity index (χ0n) is 13.9. The number of ketones is 1. The van der Waals surface area contributed by atoms with E-state index in [-0.39, 0.29) is 11.7 Å². The molecule has 24 heavy (non-hydrogen) atoms. The van der Waals surface area contributed by atoms with E-state index in [1.807, 2.05) is 66.7 Å². The minimum atomic E-state index is -0.726. The first-order valence-corrected chi connectivity index (χ1v) is 8.78. The quantitative estimate of drug-likeness (QED) is 0.812. The van der Waals surface area contributed by atoms with Gasteiger partial charge in [0, 0.05) is 0 Å². The maximum atomic E-state index is 13.1. The highest BCUT2D eigenvalue weighted by atomic mass is 16.3. The van der Waals surface area contributed by atoms with Crippen molar-refractivity contribution in [1.29, 1.82) is 0 Å².